The molecule has 0 spiro atoms. The Morgan fingerprint density at radius 2 is 1.87 bits per heavy atom. The fourth-order valence-corrected chi connectivity index (χ4v) is 3.01. The second-order valence-corrected chi connectivity index (χ2v) is 7.26. The van der Waals surface area contributed by atoms with E-state index in [1.807, 2.05) is 60.7 Å². The van der Waals surface area contributed by atoms with Crippen molar-refractivity contribution in [1.82, 2.24) is 5.32 Å². The summed E-state index contributed by atoms with van der Waals surface area (Å²) in [6.07, 6.45) is 1.68. The van der Waals surface area contributed by atoms with E-state index in [0.29, 0.717) is 18.0 Å². The summed E-state index contributed by atoms with van der Waals surface area (Å²) in [6.45, 7) is 0.363. The minimum absolute atomic E-state index is 0.0962. The predicted octanol–water partition coefficient (Wildman–Crippen LogP) is 4.60. The van der Waals surface area contributed by atoms with Crippen molar-refractivity contribution in [3.05, 3.63) is 88.4 Å². The maximum Gasteiger partial charge on any atom is 0.258 e. The van der Waals surface area contributed by atoms with Crippen LogP contribution in [-0.4, -0.2) is 25.8 Å². The van der Waals surface area contributed by atoms with E-state index in [2.05, 4.69) is 31.8 Å². The van der Waals surface area contributed by atoms with Crippen LogP contribution >= 0.6 is 15.9 Å². The Kier molecular flexibility index (Phi) is 7.86. The number of anilines is 1. The number of rotatable bonds is 9. The van der Waals surface area contributed by atoms with Crippen LogP contribution in [0.1, 0.15) is 11.1 Å². The van der Waals surface area contributed by atoms with Crippen LogP contribution in [0.5, 0.6) is 11.5 Å². The second-order valence-electron chi connectivity index (χ2n) is 6.34. The third-order valence-corrected chi connectivity index (χ3v) is 4.60. The molecule has 0 aliphatic carbocycles. The van der Waals surface area contributed by atoms with Crippen molar-refractivity contribution < 1.29 is 14.3 Å². The quantitative estimate of drug-likeness (QED) is 0.356. The van der Waals surface area contributed by atoms with Crippen molar-refractivity contribution >= 4 is 33.7 Å². The maximum atomic E-state index is 12.0. The molecule has 0 saturated carbocycles. The Morgan fingerprint density at radius 1 is 1.03 bits per heavy atom. The SMILES string of the molecule is COc1cc(C=NNc2cccc(Br)c2)ccc1OCC(=O)NCc1ccccc1. The van der Waals surface area contributed by atoms with Crippen molar-refractivity contribution in [2.45, 2.75) is 6.54 Å². The number of amides is 1. The maximum absolute atomic E-state index is 12.0. The summed E-state index contributed by atoms with van der Waals surface area (Å²) in [5, 5.41) is 7.06. The molecule has 154 valence electrons. The van der Waals surface area contributed by atoms with E-state index >= 15 is 0 Å². The average molecular weight is 468 g/mol. The number of hydrazone groups is 1. The fraction of sp³-hybridized carbons (Fsp3) is 0.130. The highest BCUT2D eigenvalue weighted by Gasteiger charge is 2.08. The van der Waals surface area contributed by atoms with E-state index in [1.165, 1.54) is 0 Å². The van der Waals surface area contributed by atoms with Gasteiger partial charge in [0.2, 0.25) is 0 Å². The molecule has 0 heterocycles. The van der Waals surface area contributed by atoms with Crippen LogP contribution in [0.15, 0.2) is 82.4 Å². The number of nitrogens with one attached hydrogen (secondary N) is 2. The molecule has 0 aromatic heterocycles. The largest absolute Gasteiger partial charge is 0.493 e. The highest BCUT2D eigenvalue weighted by Crippen LogP contribution is 2.27. The molecule has 7 heteroatoms. The molecule has 0 saturated heterocycles. The number of halogens is 1. The molecule has 0 fully saturated rings. The molecule has 6 nitrogen and oxygen atoms in total. The standard InChI is InChI=1S/C23H22BrN3O3/c1-29-22-12-18(15-26-27-20-9-5-8-19(24)13-20)10-11-21(22)30-16-23(28)25-14-17-6-3-2-4-7-17/h2-13,15,27H,14,16H2,1H3,(H,25,28). The second kappa shape index (κ2) is 11.0. The summed E-state index contributed by atoms with van der Waals surface area (Å²) in [5.74, 6) is 0.812. The molecule has 0 unspecified atom stereocenters. The summed E-state index contributed by atoms with van der Waals surface area (Å²) >= 11 is 3.42. The Hall–Kier alpha value is -3.32. The lowest BCUT2D eigenvalue weighted by atomic mass is 10.2. The van der Waals surface area contributed by atoms with Gasteiger partial charge in [-0.1, -0.05) is 52.3 Å². The van der Waals surface area contributed by atoms with Gasteiger partial charge < -0.3 is 14.8 Å². The zero-order valence-corrected chi connectivity index (χ0v) is 18.1. The average Bonchev–Trinajstić information content (AvgIpc) is 2.77. The van der Waals surface area contributed by atoms with Crippen molar-refractivity contribution in [2.75, 3.05) is 19.1 Å². The minimum Gasteiger partial charge on any atom is -0.493 e. The molecule has 0 radical (unpaired) electrons. The van der Waals surface area contributed by atoms with Gasteiger partial charge in [0.05, 0.1) is 19.0 Å². The van der Waals surface area contributed by atoms with Gasteiger partial charge in [-0.2, -0.15) is 5.10 Å². The van der Waals surface area contributed by atoms with Crippen LogP contribution in [0.2, 0.25) is 0 Å². The number of hydrogen-bond acceptors (Lipinski definition) is 5. The number of nitrogens with zero attached hydrogens (tertiary/aromatic N) is 1. The number of ether oxygens (including phenoxy) is 2. The third-order valence-electron chi connectivity index (χ3n) is 4.11. The van der Waals surface area contributed by atoms with E-state index in [1.54, 1.807) is 25.5 Å². The minimum atomic E-state index is -0.204. The zero-order chi connectivity index (χ0) is 21.2. The lowest BCUT2D eigenvalue weighted by Gasteiger charge is -2.11. The number of hydrogen-bond donors (Lipinski definition) is 2. The van der Waals surface area contributed by atoms with Crippen LogP contribution in [0.25, 0.3) is 0 Å². The summed E-state index contributed by atoms with van der Waals surface area (Å²) in [7, 11) is 1.55. The van der Waals surface area contributed by atoms with E-state index in [9.17, 15) is 4.79 Å². The first-order chi connectivity index (χ1) is 14.6. The van der Waals surface area contributed by atoms with Crippen LogP contribution in [0.4, 0.5) is 5.69 Å². The molecule has 1 amide bonds. The van der Waals surface area contributed by atoms with E-state index < -0.39 is 0 Å². The Bertz CT molecular complexity index is 1010. The van der Waals surface area contributed by atoms with Gasteiger partial charge in [-0.05, 0) is 47.5 Å². The summed E-state index contributed by atoms with van der Waals surface area (Å²) < 4.78 is 12.0. The van der Waals surface area contributed by atoms with Crippen LogP contribution in [0.3, 0.4) is 0 Å². The molecule has 3 rings (SSSR count). The highest BCUT2D eigenvalue weighted by molar-refractivity contribution is 9.10. The molecule has 2 N–H and O–H groups in total. The molecule has 3 aromatic rings. The van der Waals surface area contributed by atoms with Gasteiger partial charge in [-0.15, -0.1) is 0 Å². The lowest BCUT2D eigenvalue weighted by molar-refractivity contribution is -0.123. The topological polar surface area (TPSA) is 71.9 Å². The lowest BCUT2D eigenvalue weighted by Crippen LogP contribution is -2.28. The molecular formula is C23H22BrN3O3. The number of carbonyl (C=O) groups excluding carboxylic acids is 1. The van der Waals surface area contributed by atoms with Gasteiger partial charge in [-0.25, -0.2) is 0 Å². The first-order valence-corrected chi connectivity index (χ1v) is 10.1. The van der Waals surface area contributed by atoms with Crippen molar-refractivity contribution in [3.8, 4) is 11.5 Å². The molecule has 0 bridgehead atoms. The normalized spacial score (nSPS) is 10.6. The van der Waals surface area contributed by atoms with Gasteiger partial charge >= 0.3 is 0 Å². The Morgan fingerprint density at radius 3 is 2.63 bits per heavy atom. The molecule has 0 atom stereocenters. The Balaban J connectivity index is 1.53. The fourth-order valence-electron chi connectivity index (χ4n) is 2.61. The summed E-state index contributed by atoms with van der Waals surface area (Å²) in [5.41, 5.74) is 5.70. The number of carbonyl (C=O) groups is 1. The van der Waals surface area contributed by atoms with Crippen molar-refractivity contribution in [2.24, 2.45) is 5.10 Å². The summed E-state index contributed by atoms with van der Waals surface area (Å²) in [6, 6.07) is 22.8. The first kappa shape index (κ1) is 21.4. The van der Waals surface area contributed by atoms with Gasteiger partial charge in [0.15, 0.2) is 18.1 Å². The van der Waals surface area contributed by atoms with Crippen LogP contribution in [0, 0.1) is 0 Å². The number of methoxy groups -OCH3 is 1. The van der Waals surface area contributed by atoms with E-state index in [0.717, 1.165) is 21.3 Å². The molecule has 0 aliphatic rings. The highest BCUT2D eigenvalue weighted by atomic mass is 79.9. The number of benzene rings is 3. The molecular weight excluding hydrogens is 446 g/mol. The predicted molar refractivity (Wildman–Crippen MR) is 122 cm³/mol. The van der Waals surface area contributed by atoms with Crippen LogP contribution < -0.4 is 20.2 Å². The smallest absolute Gasteiger partial charge is 0.258 e. The zero-order valence-electron chi connectivity index (χ0n) is 16.5. The monoisotopic (exact) mass is 467 g/mol. The van der Waals surface area contributed by atoms with Crippen LogP contribution in [-0.2, 0) is 11.3 Å². The van der Waals surface area contributed by atoms with Crippen molar-refractivity contribution in [1.29, 1.82) is 0 Å². The van der Waals surface area contributed by atoms with Gasteiger partial charge in [0.25, 0.3) is 5.91 Å². The van der Waals surface area contributed by atoms with E-state index in [4.69, 9.17) is 9.47 Å². The van der Waals surface area contributed by atoms with Crippen molar-refractivity contribution in [3.63, 3.8) is 0 Å². The third kappa shape index (κ3) is 6.63. The first-order valence-electron chi connectivity index (χ1n) is 9.30. The van der Waals surface area contributed by atoms with Gasteiger partial charge in [-0.3, -0.25) is 10.2 Å². The van der Waals surface area contributed by atoms with Gasteiger partial charge in [0.1, 0.15) is 0 Å². The molecule has 0 aliphatic heterocycles. The summed E-state index contributed by atoms with van der Waals surface area (Å²) in [4.78, 5) is 12.0. The molecule has 3 aromatic carbocycles. The Labute approximate surface area is 184 Å². The molecule has 30 heavy (non-hydrogen) atoms. The van der Waals surface area contributed by atoms with E-state index in [-0.39, 0.29) is 12.5 Å². The van der Waals surface area contributed by atoms with Gasteiger partial charge in [0, 0.05) is 11.0 Å².